The molecule has 23 heavy (non-hydrogen) atoms. The molecule has 8 nitrogen and oxygen atoms in total. The molecule has 11 heteroatoms. The van der Waals surface area contributed by atoms with Crippen LogP contribution in [0, 0.1) is 24.0 Å². The molecule has 1 unspecified atom stereocenters. The van der Waals surface area contributed by atoms with Crippen LogP contribution in [0.4, 0.5) is 18.9 Å². The number of nitrogens with zero attached hydrogens (tertiary/aromatic N) is 4. The molecule has 0 saturated heterocycles. The number of hydrogen-bond acceptors (Lipinski definition) is 5. The summed E-state index contributed by atoms with van der Waals surface area (Å²) in [5, 5.41) is 23.7. The fourth-order valence-electron chi connectivity index (χ4n) is 2.03. The lowest BCUT2D eigenvalue weighted by molar-refractivity contribution is -0.386. The van der Waals surface area contributed by atoms with Crippen molar-refractivity contribution in [2.45, 2.75) is 39.1 Å². The van der Waals surface area contributed by atoms with Crippen molar-refractivity contribution in [3.8, 4) is 0 Å². The van der Waals surface area contributed by atoms with E-state index >= 15 is 0 Å². The van der Waals surface area contributed by atoms with Crippen molar-refractivity contribution in [2.24, 2.45) is 0 Å². The maximum Gasteiger partial charge on any atom is 0.416 e. The number of amides is 1. The highest BCUT2D eigenvalue weighted by Gasteiger charge is 2.39. The predicted octanol–water partition coefficient (Wildman–Crippen LogP) is 1.18. The molecule has 1 aromatic heterocycles. The molecule has 0 saturated carbocycles. The zero-order chi connectivity index (χ0) is 17.9. The molecule has 0 aliphatic carbocycles. The van der Waals surface area contributed by atoms with Gasteiger partial charge in [0.05, 0.1) is 18.0 Å². The Morgan fingerprint density at radius 1 is 1.48 bits per heavy atom. The summed E-state index contributed by atoms with van der Waals surface area (Å²) < 4.78 is 38.0. The Hall–Kier alpha value is -2.17. The van der Waals surface area contributed by atoms with E-state index in [9.17, 15) is 28.1 Å². The number of nitro groups is 1. The summed E-state index contributed by atoms with van der Waals surface area (Å²) in [6, 6.07) is 0. The second-order valence-electron chi connectivity index (χ2n) is 5.08. The number of hydrogen-bond donors (Lipinski definition) is 1. The van der Waals surface area contributed by atoms with Crippen molar-refractivity contribution in [3.63, 3.8) is 0 Å². The number of aliphatic hydroxyl groups excluding tert-OH is 1. The number of likely N-dealkylation sites (N-methyl/N-ethyl adjacent to an activating group) is 1. The van der Waals surface area contributed by atoms with Crippen molar-refractivity contribution in [2.75, 3.05) is 13.6 Å². The van der Waals surface area contributed by atoms with Crippen LogP contribution in [0.25, 0.3) is 0 Å². The zero-order valence-corrected chi connectivity index (χ0v) is 12.8. The van der Waals surface area contributed by atoms with Crippen molar-refractivity contribution < 1.29 is 28.0 Å². The third kappa shape index (κ3) is 4.65. The van der Waals surface area contributed by atoms with E-state index in [1.807, 2.05) is 0 Å². The molecule has 0 radical (unpaired) electrons. The van der Waals surface area contributed by atoms with Gasteiger partial charge < -0.3 is 10.0 Å². The largest absolute Gasteiger partial charge is 0.416 e. The second-order valence-corrected chi connectivity index (χ2v) is 5.08. The third-order valence-electron chi connectivity index (χ3n) is 3.31. The molecule has 0 aromatic carbocycles. The lowest BCUT2D eigenvalue weighted by Gasteiger charge is -2.22. The van der Waals surface area contributed by atoms with E-state index in [1.54, 1.807) is 0 Å². The fourth-order valence-corrected chi connectivity index (χ4v) is 2.03. The molecule has 0 bridgehead atoms. The van der Waals surface area contributed by atoms with Gasteiger partial charge in [0.15, 0.2) is 6.10 Å². The van der Waals surface area contributed by atoms with Gasteiger partial charge in [-0.2, -0.15) is 18.3 Å². The van der Waals surface area contributed by atoms with Crippen molar-refractivity contribution in [1.29, 1.82) is 0 Å². The molecule has 130 valence electrons. The van der Waals surface area contributed by atoms with E-state index < -0.39 is 29.7 Å². The number of aryl methyl sites for hydroxylation is 2. The predicted molar refractivity (Wildman–Crippen MR) is 72.7 cm³/mol. The van der Waals surface area contributed by atoms with Crippen molar-refractivity contribution in [3.05, 3.63) is 21.5 Å². The molecule has 1 rings (SSSR count). The summed E-state index contributed by atoms with van der Waals surface area (Å²) in [5.74, 6) is -0.636. The van der Waals surface area contributed by atoms with Crippen LogP contribution in [0.3, 0.4) is 0 Å². The topological polar surface area (TPSA) is 102 Å². The van der Waals surface area contributed by atoms with Gasteiger partial charge in [-0.25, -0.2) is 0 Å². The summed E-state index contributed by atoms with van der Waals surface area (Å²) in [6.07, 6.45) is -7.61. The first kappa shape index (κ1) is 18.9. The average molecular weight is 338 g/mol. The van der Waals surface area contributed by atoms with Gasteiger partial charge in [-0.05, 0) is 13.8 Å². The summed E-state index contributed by atoms with van der Waals surface area (Å²) >= 11 is 0. The normalized spacial score (nSPS) is 13.0. The first-order chi connectivity index (χ1) is 10.4. The Balaban J connectivity index is 2.67. The van der Waals surface area contributed by atoms with Crippen LogP contribution < -0.4 is 0 Å². The van der Waals surface area contributed by atoms with Gasteiger partial charge in [-0.1, -0.05) is 0 Å². The highest BCUT2D eigenvalue weighted by atomic mass is 19.4. The van der Waals surface area contributed by atoms with Crippen LogP contribution in [-0.4, -0.2) is 56.5 Å². The molecular weight excluding hydrogens is 321 g/mol. The van der Waals surface area contributed by atoms with Gasteiger partial charge in [-0.15, -0.1) is 0 Å². The third-order valence-corrected chi connectivity index (χ3v) is 3.31. The summed E-state index contributed by atoms with van der Waals surface area (Å²) in [6.45, 7) is 2.04. The van der Waals surface area contributed by atoms with Crippen molar-refractivity contribution >= 4 is 11.6 Å². The zero-order valence-electron chi connectivity index (χ0n) is 12.8. The minimum atomic E-state index is -4.80. The Kier molecular flexibility index (Phi) is 5.70. The van der Waals surface area contributed by atoms with Crippen LogP contribution in [0.1, 0.15) is 17.8 Å². The molecule has 0 fully saturated rings. The fraction of sp³-hybridized carbons (Fsp3) is 0.667. The quantitative estimate of drug-likeness (QED) is 0.620. The Bertz CT molecular complexity index is 600. The van der Waals surface area contributed by atoms with Gasteiger partial charge in [-0.3, -0.25) is 19.6 Å². The first-order valence-electron chi connectivity index (χ1n) is 6.62. The van der Waals surface area contributed by atoms with E-state index in [2.05, 4.69) is 5.10 Å². The van der Waals surface area contributed by atoms with Crippen molar-refractivity contribution in [1.82, 2.24) is 14.7 Å². The maximum atomic E-state index is 12.2. The molecule has 1 N–H and O–H groups in total. The minimum Gasteiger partial charge on any atom is -0.382 e. The molecule has 0 aliphatic heterocycles. The summed E-state index contributed by atoms with van der Waals surface area (Å²) in [5.41, 5.74) is 0.303. The lowest BCUT2D eigenvalue weighted by atomic mass is 10.3. The van der Waals surface area contributed by atoms with Gasteiger partial charge >= 0.3 is 11.9 Å². The Morgan fingerprint density at radius 3 is 2.48 bits per heavy atom. The number of halogens is 3. The van der Waals surface area contributed by atoms with Gasteiger partial charge in [0.25, 0.3) is 0 Å². The number of aromatic nitrogens is 2. The maximum absolute atomic E-state index is 12.2. The standard InChI is InChI=1S/C12H17F3N4O4/c1-7-11(19(22)23)8(2)18(16-7)5-4-10(21)17(3)6-9(20)12(13,14)15/h9,20H,4-6H2,1-3H3. The minimum absolute atomic E-state index is 0.00814. The molecule has 1 atom stereocenters. The van der Waals surface area contributed by atoms with E-state index in [0.717, 1.165) is 11.9 Å². The van der Waals surface area contributed by atoms with Crippen LogP contribution in [-0.2, 0) is 11.3 Å². The van der Waals surface area contributed by atoms with E-state index in [1.165, 1.54) is 18.5 Å². The molecule has 0 aliphatic rings. The molecule has 1 heterocycles. The van der Waals surface area contributed by atoms with Gasteiger partial charge in [0.1, 0.15) is 11.4 Å². The average Bonchev–Trinajstić information content (AvgIpc) is 2.69. The highest BCUT2D eigenvalue weighted by molar-refractivity contribution is 5.75. The van der Waals surface area contributed by atoms with Gasteiger partial charge in [0.2, 0.25) is 5.91 Å². The molecule has 0 spiro atoms. The van der Waals surface area contributed by atoms with Crippen LogP contribution in [0.5, 0.6) is 0 Å². The Morgan fingerprint density at radius 2 is 2.04 bits per heavy atom. The SMILES string of the molecule is Cc1nn(CCC(=O)N(C)CC(O)C(F)(F)F)c(C)c1[N+](=O)[O-]. The lowest BCUT2D eigenvalue weighted by Crippen LogP contribution is -2.42. The number of aliphatic hydroxyl groups is 1. The van der Waals surface area contributed by atoms with Crippen LogP contribution in [0.2, 0.25) is 0 Å². The van der Waals surface area contributed by atoms with E-state index in [4.69, 9.17) is 5.11 Å². The molecule has 1 amide bonds. The van der Waals surface area contributed by atoms with E-state index in [0.29, 0.717) is 0 Å². The summed E-state index contributed by atoms with van der Waals surface area (Å²) in [7, 11) is 1.14. The smallest absolute Gasteiger partial charge is 0.382 e. The molecule has 1 aromatic rings. The monoisotopic (exact) mass is 338 g/mol. The number of rotatable bonds is 6. The number of alkyl halides is 3. The van der Waals surface area contributed by atoms with E-state index in [-0.39, 0.29) is 30.0 Å². The Labute approximate surface area is 129 Å². The van der Waals surface area contributed by atoms with Crippen LogP contribution >= 0.6 is 0 Å². The van der Waals surface area contributed by atoms with Gasteiger partial charge in [0, 0.05) is 13.5 Å². The highest BCUT2D eigenvalue weighted by Crippen LogP contribution is 2.22. The number of carbonyl (C=O) groups is 1. The van der Waals surface area contributed by atoms with Crippen LogP contribution in [0.15, 0.2) is 0 Å². The first-order valence-corrected chi connectivity index (χ1v) is 6.62. The number of carbonyl (C=O) groups excluding carboxylic acids is 1. The summed E-state index contributed by atoms with van der Waals surface area (Å²) in [4.78, 5) is 22.8. The second kappa shape index (κ2) is 6.94. The molecular formula is C12H17F3N4O4.